The van der Waals surface area contributed by atoms with Crippen molar-refractivity contribution in [2.45, 2.75) is 32.9 Å². The number of methoxy groups -OCH3 is 1. The van der Waals surface area contributed by atoms with Crippen LogP contribution in [0.25, 0.3) is 10.1 Å². The minimum absolute atomic E-state index is 0.146. The standard InChI is InChI=1S/C19H20BrF3N2O2S/c1-18(2)16(24-25(17(18)26)9-5-4-8-20)11-6-7-13(27-3)15-12(11)10-14(28-15)19(21,22)23/h6-7,10H,4-5,8-9H2,1-3H3. The Morgan fingerprint density at radius 2 is 2.00 bits per heavy atom. The van der Waals surface area contributed by atoms with Crippen LogP contribution in [0.4, 0.5) is 13.2 Å². The molecule has 2 heterocycles. The second-order valence-electron chi connectivity index (χ2n) is 7.06. The first-order valence-electron chi connectivity index (χ1n) is 8.76. The van der Waals surface area contributed by atoms with Gasteiger partial charge in [-0.05, 0) is 44.9 Å². The number of unbranched alkanes of at least 4 members (excludes halogenated alkanes) is 1. The Morgan fingerprint density at radius 1 is 1.29 bits per heavy atom. The van der Waals surface area contributed by atoms with Crippen LogP contribution in [0.2, 0.25) is 0 Å². The highest BCUT2D eigenvalue weighted by Gasteiger charge is 2.44. The van der Waals surface area contributed by atoms with Gasteiger partial charge < -0.3 is 4.74 Å². The second-order valence-corrected chi connectivity index (χ2v) is 8.91. The highest BCUT2D eigenvalue weighted by molar-refractivity contribution is 9.09. The summed E-state index contributed by atoms with van der Waals surface area (Å²) in [6.45, 7) is 3.99. The number of alkyl halides is 4. The number of ether oxygens (including phenoxy) is 1. The maximum absolute atomic E-state index is 13.3. The number of hydrogen-bond acceptors (Lipinski definition) is 4. The molecular formula is C19H20BrF3N2O2S. The number of hydrogen-bond donors (Lipinski definition) is 0. The molecule has 1 amide bonds. The lowest BCUT2D eigenvalue weighted by Crippen LogP contribution is -2.35. The third kappa shape index (κ3) is 3.66. The molecule has 3 rings (SSSR count). The van der Waals surface area contributed by atoms with E-state index in [0.29, 0.717) is 45.0 Å². The van der Waals surface area contributed by atoms with Gasteiger partial charge >= 0.3 is 6.18 Å². The molecule has 0 bridgehead atoms. The molecule has 1 aromatic carbocycles. The number of rotatable bonds is 6. The molecule has 9 heteroatoms. The molecule has 0 fully saturated rings. The van der Waals surface area contributed by atoms with Crippen LogP contribution in [0.5, 0.6) is 5.75 Å². The number of fused-ring (bicyclic) bond motifs is 1. The molecule has 1 aromatic heterocycles. The van der Waals surface area contributed by atoms with Gasteiger partial charge in [0, 0.05) is 22.8 Å². The maximum atomic E-state index is 13.3. The zero-order valence-corrected chi connectivity index (χ0v) is 18.1. The van der Waals surface area contributed by atoms with Gasteiger partial charge in [0.15, 0.2) is 0 Å². The lowest BCUT2D eigenvalue weighted by molar-refractivity contribution is -0.135. The van der Waals surface area contributed by atoms with Crippen molar-refractivity contribution in [2.24, 2.45) is 10.5 Å². The van der Waals surface area contributed by atoms with E-state index in [9.17, 15) is 18.0 Å². The van der Waals surface area contributed by atoms with Crippen molar-refractivity contribution in [3.8, 4) is 5.75 Å². The summed E-state index contributed by atoms with van der Waals surface area (Å²) in [5.41, 5.74) is 0.0930. The summed E-state index contributed by atoms with van der Waals surface area (Å²) >= 11 is 4.00. The molecule has 28 heavy (non-hydrogen) atoms. The first kappa shape index (κ1) is 21.1. The minimum atomic E-state index is -4.45. The fourth-order valence-electron chi connectivity index (χ4n) is 3.22. The first-order valence-corrected chi connectivity index (χ1v) is 10.7. The summed E-state index contributed by atoms with van der Waals surface area (Å²) in [6.07, 6.45) is -2.75. The number of halogens is 4. The van der Waals surface area contributed by atoms with Crippen LogP contribution < -0.4 is 4.74 Å². The van der Waals surface area contributed by atoms with E-state index < -0.39 is 16.5 Å². The lowest BCUT2D eigenvalue weighted by atomic mass is 9.82. The van der Waals surface area contributed by atoms with Crippen LogP contribution in [-0.4, -0.2) is 35.6 Å². The lowest BCUT2D eigenvalue weighted by Gasteiger charge is -2.20. The quantitative estimate of drug-likeness (QED) is 0.397. The van der Waals surface area contributed by atoms with Crippen molar-refractivity contribution in [1.82, 2.24) is 5.01 Å². The summed E-state index contributed by atoms with van der Waals surface area (Å²) in [5.74, 6) is 0.225. The Hall–Kier alpha value is -1.61. The van der Waals surface area contributed by atoms with Crippen LogP contribution in [0.3, 0.4) is 0 Å². The zero-order chi connectivity index (χ0) is 20.7. The maximum Gasteiger partial charge on any atom is 0.425 e. The SMILES string of the molecule is COc1ccc(C2=NN(CCCCBr)C(=O)C2(C)C)c2cc(C(F)(F)F)sc12. The Kier molecular flexibility index (Phi) is 5.78. The fraction of sp³-hybridized carbons (Fsp3) is 0.474. The average molecular weight is 477 g/mol. The highest BCUT2D eigenvalue weighted by atomic mass is 79.9. The number of nitrogens with zero attached hydrogens (tertiary/aromatic N) is 2. The van der Waals surface area contributed by atoms with E-state index in [1.807, 2.05) is 0 Å². The van der Waals surface area contributed by atoms with Gasteiger partial charge in [-0.2, -0.15) is 18.3 Å². The summed E-state index contributed by atoms with van der Waals surface area (Å²) in [7, 11) is 1.42. The van der Waals surface area contributed by atoms with Crippen molar-refractivity contribution in [1.29, 1.82) is 0 Å². The number of carbonyl (C=O) groups is 1. The largest absolute Gasteiger partial charge is 0.495 e. The molecule has 0 N–H and O–H groups in total. The summed E-state index contributed by atoms with van der Waals surface area (Å²) < 4.78 is 45.5. The van der Waals surface area contributed by atoms with Crippen LogP contribution in [0.15, 0.2) is 23.3 Å². The Labute approximate surface area is 173 Å². The molecule has 152 valence electrons. The van der Waals surface area contributed by atoms with E-state index in [-0.39, 0.29) is 5.91 Å². The molecule has 1 aliphatic heterocycles. The fourth-order valence-corrected chi connectivity index (χ4v) is 4.66. The van der Waals surface area contributed by atoms with Gasteiger partial charge in [0.05, 0.1) is 22.9 Å². The number of hydrazone groups is 1. The molecule has 0 atom stereocenters. The number of amides is 1. The van der Waals surface area contributed by atoms with Crippen molar-refractivity contribution in [3.63, 3.8) is 0 Å². The molecule has 0 saturated heterocycles. The van der Waals surface area contributed by atoms with E-state index in [4.69, 9.17) is 4.74 Å². The van der Waals surface area contributed by atoms with E-state index in [0.717, 1.165) is 24.2 Å². The molecule has 0 aliphatic carbocycles. The zero-order valence-electron chi connectivity index (χ0n) is 15.7. The molecule has 0 unspecified atom stereocenters. The average Bonchev–Trinajstić information content (AvgIpc) is 3.17. The third-order valence-electron chi connectivity index (χ3n) is 4.74. The first-order chi connectivity index (χ1) is 13.1. The molecule has 0 spiro atoms. The Morgan fingerprint density at radius 3 is 2.61 bits per heavy atom. The van der Waals surface area contributed by atoms with E-state index in [1.54, 1.807) is 26.0 Å². The molecule has 0 radical (unpaired) electrons. The molecular weight excluding hydrogens is 457 g/mol. The monoisotopic (exact) mass is 476 g/mol. The van der Waals surface area contributed by atoms with Gasteiger partial charge in [-0.1, -0.05) is 15.9 Å². The topological polar surface area (TPSA) is 41.9 Å². The van der Waals surface area contributed by atoms with E-state index >= 15 is 0 Å². The normalized spacial score (nSPS) is 16.8. The van der Waals surface area contributed by atoms with Crippen molar-refractivity contribution < 1.29 is 22.7 Å². The second kappa shape index (κ2) is 7.67. The number of benzene rings is 1. The number of thiophene rings is 1. The van der Waals surface area contributed by atoms with Gasteiger partial charge in [-0.15, -0.1) is 11.3 Å². The van der Waals surface area contributed by atoms with Crippen LogP contribution in [0, 0.1) is 5.41 Å². The third-order valence-corrected chi connectivity index (χ3v) is 6.49. The van der Waals surface area contributed by atoms with E-state index in [2.05, 4.69) is 21.0 Å². The highest BCUT2D eigenvalue weighted by Crippen LogP contribution is 2.44. The molecule has 1 aliphatic rings. The minimum Gasteiger partial charge on any atom is -0.495 e. The van der Waals surface area contributed by atoms with Gasteiger partial charge in [0.2, 0.25) is 0 Å². The van der Waals surface area contributed by atoms with Gasteiger partial charge in [-0.3, -0.25) is 4.79 Å². The van der Waals surface area contributed by atoms with Crippen molar-refractivity contribution in [3.05, 3.63) is 28.6 Å². The van der Waals surface area contributed by atoms with Gasteiger partial charge in [-0.25, -0.2) is 5.01 Å². The summed E-state index contributed by atoms with van der Waals surface area (Å²) in [6, 6.07) is 4.43. The molecule has 0 saturated carbocycles. The number of carbonyl (C=O) groups excluding carboxylic acids is 1. The Balaban J connectivity index is 2.12. The van der Waals surface area contributed by atoms with Crippen LogP contribution >= 0.6 is 27.3 Å². The molecule has 2 aromatic rings. The van der Waals surface area contributed by atoms with Gasteiger partial charge in [0.25, 0.3) is 5.91 Å². The van der Waals surface area contributed by atoms with Crippen LogP contribution in [0.1, 0.15) is 37.1 Å². The predicted octanol–water partition coefficient (Wildman–Crippen LogP) is 5.68. The van der Waals surface area contributed by atoms with Crippen molar-refractivity contribution >= 4 is 49.0 Å². The summed E-state index contributed by atoms with van der Waals surface area (Å²) in [4.78, 5) is 12.1. The van der Waals surface area contributed by atoms with E-state index in [1.165, 1.54) is 12.1 Å². The van der Waals surface area contributed by atoms with Gasteiger partial charge in [0.1, 0.15) is 10.6 Å². The molecule has 4 nitrogen and oxygen atoms in total. The smallest absolute Gasteiger partial charge is 0.425 e. The predicted molar refractivity (Wildman–Crippen MR) is 108 cm³/mol. The van der Waals surface area contributed by atoms with Crippen LogP contribution in [-0.2, 0) is 11.0 Å². The van der Waals surface area contributed by atoms with Crippen molar-refractivity contribution in [2.75, 3.05) is 19.0 Å². The summed E-state index contributed by atoms with van der Waals surface area (Å²) in [5, 5.41) is 7.18. The Bertz CT molecular complexity index is 937.